The van der Waals surface area contributed by atoms with Crippen molar-refractivity contribution in [1.29, 1.82) is 0 Å². The fraction of sp³-hybridized carbons (Fsp3) is 1.00. The van der Waals surface area contributed by atoms with Gasteiger partial charge in [-0.3, -0.25) is 0 Å². The highest BCUT2D eigenvalue weighted by Crippen LogP contribution is 2.66. The Balaban J connectivity index is 1.81. The Kier molecular flexibility index (Phi) is 3.69. The molecule has 2 unspecified atom stereocenters. The molecule has 0 aromatic rings. The molecule has 0 N–H and O–H groups in total. The van der Waals surface area contributed by atoms with Crippen LogP contribution in [0.25, 0.3) is 0 Å². The van der Waals surface area contributed by atoms with Gasteiger partial charge in [0.15, 0.2) is 0 Å². The molecule has 6 heteroatoms. The molecule has 4 aliphatic rings. The van der Waals surface area contributed by atoms with Crippen LogP contribution in [0, 0.1) is 23.2 Å². The first-order valence-electron chi connectivity index (χ1n) is 8.36. The van der Waals surface area contributed by atoms with Crippen LogP contribution in [0.15, 0.2) is 0 Å². The zero-order valence-corrected chi connectivity index (χ0v) is 14.0. The molecule has 4 rings (SSSR count). The predicted molar refractivity (Wildman–Crippen MR) is 79.4 cm³/mol. The summed E-state index contributed by atoms with van der Waals surface area (Å²) in [4.78, 5) is 0. The molecule has 5 atom stereocenters. The fourth-order valence-corrected chi connectivity index (χ4v) is 4.98. The Bertz CT molecular complexity index is 451. The van der Waals surface area contributed by atoms with E-state index in [1.807, 2.05) is 20.8 Å². The molecule has 0 aromatic carbocycles. The van der Waals surface area contributed by atoms with E-state index < -0.39 is 24.7 Å². The van der Waals surface area contributed by atoms with Crippen molar-refractivity contribution in [3.8, 4) is 0 Å². The van der Waals surface area contributed by atoms with Crippen LogP contribution in [-0.2, 0) is 9.31 Å². The van der Waals surface area contributed by atoms with Gasteiger partial charge in [-0.1, -0.05) is 27.7 Å². The maximum Gasteiger partial charge on any atom is 0.470 e. The summed E-state index contributed by atoms with van der Waals surface area (Å²) in [5.74, 6) is -0.733. The minimum atomic E-state index is -4.28. The number of halogens is 3. The predicted octanol–water partition coefficient (Wildman–Crippen LogP) is 4.69. The highest BCUT2D eigenvalue weighted by atomic mass is 19.4. The van der Waals surface area contributed by atoms with E-state index in [1.165, 1.54) is 0 Å². The molecular formula is C16H26BF3O2. The minimum absolute atomic E-state index is 0.0422. The summed E-state index contributed by atoms with van der Waals surface area (Å²) in [7, 11) is -1.15. The SMILES string of the molecule is CC(C)C[C@@H](B1O[C@H]2CC3C[C@@H](C3(C)C)C2(C)O1)C(F)(F)F. The highest BCUT2D eigenvalue weighted by Gasteiger charge is 2.69. The number of hydrogen-bond acceptors (Lipinski definition) is 2. The number of rotatable bonds is 3. The van der Waals surface area contributed by atoms with Gasteiger partial charge >= 0.3 is 13.3 Å². The maximum atomic E-state index is 13.4. The van der Waals surface area contributed by atoms with Gasteiger partial charge in [-0.05, 0) is 49.4 Å². The molecule has 1 heterocycles. The number of hydrogen-bond donors (Lipinski definition) is 0. The van der Waals surface area contributed by atoms with Gasteiger partial charge in [0.1, 0.15) is 0 Å². The Morgan fingerprint density at radius 3 is 2.32 bits per heavy atom. The Labute approximate surface area is 131 Å². The quantitative estimate of drug-likeness (QED) is 0.703. The van der Waals surface area contributed by atoms with Crippen LogP contribution >= 0.6 is 0 Å². The lowest BCUT2D eigenvalue weighted by molar-refractivity contribution is -0.200. The molecule has 0 spiro atoms. The molecule has 4 fully saturated rings. The first kappa shape index (κ1) is 16.6. The molecular weight excluding hydrogens is 292 g/mol. The zero-order chi connectivity index (χ0) is 16.5. The normalized spacial score (nSPS) is 41.3. The van der Waals surface area contributed by atoms with Crippen LogP contribution < -0.4 is 0 Å². The van der Waals surface area contributed by atoms with Crippen LogP contribution in [0.2, 0.25) is 5.82 Å². The van der Waals surface area contributed by atoms with Crippen molar-refractivity contribution in [2.24, 2.45) is 23.2 Å². The van der Waals surface area contributed by atoms with E-state index >= 15 is 0 Å². The van der Waals surface area contributed by atoms with Crippen LogP contribution in [0.5, 0.6) is 0 Å². The van der Waals surface area contributed by atoms with E-state index in [0.717, 1.165) is 12.8 Å². The van der Waals surface area contributed by atoms with E-state index in [9.17, 15) is 13.2 Å². The first-order chi connectivity index (χ1) is 9.96. The minimum Gasteiger partial charge on any atom is -0.405 e. The van der Waals surface area contributed by atoms with Gasteiger partial charge in [0, 0.05) is 0 Å². The summed E-state index contributed by atoms with van der Waals surface area (Å²) in [5.41, 5.74) is -0.418. The van der Waals surface area contributed by atoms with E-state index in [0.29, 0.717) is 11.8 Å². The van der Waals surface area contributed by atoms with Gasteiger partial charge in [0.2, 0.25) is 0 Å². The van der Waals surface area contributed by atoms with E-state index in [-0.39, 0.29) is 23.9 Å². The molecule has 2 bridgehead atoms. The van der Waals surface area contributed by atoms with Gasteiger partial charge < -0.3 is 9.31 Å². The largest absolute Gasteiger partial charge is 0.470 e. The van der Waals surface area contributed by atoms with Crippen LogP contribution in [-0.4, -0.2) is 25.0 Å². The first-order valence-corrected chi connectivity index (χ1v) is 8.36. The average Bonchev–Trinajstić information content (AvgIpc) is 2.70. The molecule has 2 nitrogen and oxygen atoms in total. The summed E-state index contributed by atoms with van der Waals surface area (Å²) in [5, 5.41) is 0. The summed E-state index contributed by atoms with van der Waals surface area (Å²) in [6.07, 6.45) is -2.54. The zero-order valence-electron chi connectivity index (χ0n) is 14.0. The summed E-state index contributed by atoms with van der Waals surface area (Å²) < 4.78 is 52.1. The topological polar surface area (TPSA) is 18.5 Å². The fourth-order valence-electron chi connectivity index (χ4n) is 4.98. The third kappa shape index (κ3) is 2.32. The van der Waals surface area contributed by atoms with Gasteiger partial charge in [0.05, 0.1) is 17.5 Å². The third-order valence-electron chi connectivity index (χ3n) is 6.44. The third-order valence-corrected chi connectivity index (χ3v) is 6.44. The lowest BCUT2D eigenvalue weighted by atomic mass is 9.43. The molecule has 0 amide bonds. The molecule has 126 valence electrons. The average molecular weight is 318 g/mol. The van der Waals surface area contributed by atoms with Gasteiger partial charge in [-0.15, -0.1) is 0 Å². The Morgan fingerprint density at radius 2 is 1.82 bits per heavy atom. The summed E-state index contributed by atoms with van der Waals surface area (Å²) in [6, 6.07) is 0. The van der Waals surface area contributed by atoms with E-state index in [4.69, 9.17) is 9.31 Å². The number of alkyl halides is 3. The van der Waals surface area contributed by atoms with Crippen LogP contribution in [0.3, 0.4) is 0 Å². The van der Waals surface area contributed by atoms with Gasteiger partial charge in [-0.25, -0.2) is 0 Å². The van der Waals surface area contributed by atoms with Crippen molar-refractivity contribution in [2.75, 3.05) is 0 Å². The second-order valence-corrected chi connectivity index (χ2v) is 8.61. The summed E-state index contributed by atoms with van der Waals surface area (Å²) in [6.45, 7) is 9.99. The molecule has 3 saturated carbocycles. The lowest BCUT2D eigenvalue weighted by Crippen LogP contribution is -2.65. The van der Waals surface area contributed by atoms with Crippen molar-refractivity contribution in [2.45, 2.75) is 77.6 Å². The highest BCUT2D eigenvalue weighted by molar-refractivity contribution is 6.47. The van der Waals surface area contributed by atoms with Crippen molar-refractivity contribution >= 4 is 7.12 Å². The lowest BCUT2D eigenvalue weighted by Gasteiger charge is -2.64. The van der Waals surface area contributed by atoms with Crippen molar-refractivity contribution in [1.82, 2.24) is 0 Å². The smallest absolute Gasteiger partial charge is 0.405 e. The molecule has 1 aliphatic heterocycles. The van der Waals surface area contributed by atoms with Crippen molar-refractivity contribution in [3.05, 3.63) is 0 Å². The molecule has 0 aromatic heterocycles. The summed E-state index contributed by atoms with van der Waals surface area (Å²) >= 11 is 0. The molecule has 22 heavy (non-hydrogen) atoms. The monoisotopic (exact) mass is 318 g/mol. The molecule has 0 radical (unpaired) electrons. The molecule has 3 aliphatic carbocycles. The van der Waals surface area contributed by atoms with E-state index in [1.54, 1.807) is 0 Å². The standard InChI is InChI=1S/C16H26BF3O2/c1-9(2)6-12(16(18,19)20)17-21-13-8-10-7-11(14(10,3)4)15(13,5)22-17/h9-13H,6-8H2,1-5H3/t10?,11-,12+,13-,15?/m0/s1. The Hall–Kier alpha value is -0.225. The van der Waals surface area contributed by atoms with Gasteiger partial charge in [0.25, 0.3) is 0 Å². The molecule has 1 saturated heterocycles. The van der Waals surface area contributed by atoms with Gasteiger partial charge in [-0.2, -0.15) is 13.2 Å². The van der Waals surface area contributed by atoms with E-state index in [2.05, 4.69) is 13.8 Å². The second kappa shape index (κ2) is 4.89. The van der Waals surface area contributed by atoms with Crippen LogP contribution in [0.4, 0.5) is 13.2 Å². The maximum absolute atomic E-state index is 13.4. The Morgan fingerprint density at radius 1 is 1.18 bits per heavy atom. The van der Waals surface area contributed by atoms with Crippen molar-refractivity contribution in [3.63, 3.8) is 0 Å². The van der Waals surface area contributed by atoms with Crippen molar-refractivity contribution < 1.29 is 22.5 Å². The second-order valence-electron chi connectivity index (χ2n) is 8.61. The van der Waals surface area contributed by atoms with Crippen LogP contribution in [0.1, 0.15) is 53.9 Å².